The molecular formula is C18H24N4O3. The number of rotatable bonds is 8. The van der Waals surface area contributed by atoms with Gasteiger partial charge < -0.3 is 20.6 Å². The first-order valence-corrected chi connectivity index (χ1v) is 7.92. The second-order valence-electron chi connectivity index (χ2n) is 6.25. The number of nitrogens with one attached hydrogen (secondary N) is 2. The summed E-state index contributed by atoms with van der Waals surface area (Å²) in [6.07, 6.45) is 1.57. The van der Waals surface area contributed by atoms with Gasteiger partial charge in [0.1, 0.15) is 17.7 Å². The van der Waals surface area contributed by atoms with Crippen LogP contribution >= 0.6 is 0 Å². The van der Waals surface area contributed by atoms with Crippen molar-refractivity contribution in [1.82, 2.24) is 5.32 Å². The van der Waals surface area contributed by atoms with E-state index in [4.69, 9.17) is 0 Å². The van der Waals surface area contributed by atoms with Crippen molar-refractivity contribution in [3.8, 4) is 6.07 Å². The van der Waals surface area contributed by atoms with Crippen molar-refractivity contribution >= 4 is 23.3 Å². The molecule has 1 aromatic carbocycles. The van der Waals surface area contributed by atoms with Crippen LogP contribution in [-0.2, 0) is 9.59 Å². The zero-order valence-corrected chi connectivity index (χ0v) is 14.9. The minimum atomic E-state index is -1.12. The fourth-order valence-corrected chi connectivity index (χ4v) is 2.11. The maximum absolute atomic E-state index is 12.2. The Bertz CT molecular complexity index is 690. The fraction of sp³-hybridized carbons (Fsp3) is 0.389. The van der Waals surface area contributed by atoms with Crippen LogP contribution in [0.5, 0.6) is 0 Å². The maximum atomic E-state index is 12.2. The minimum Gasteiger partial charge on any atom is -0.480 e. The quantitative estimate of drug-likeness (QED) is 0.493. The summed E-state index contributed by atoms with van der Waals surface area (Å²) in [7, 11) is 3.81. The molecule has 7 heteroatoms. The van der Waals surface area contributed by atoms with Gasteiger partial charge in [0.25, 0.3) is 5.91 Å². The van der Waals surface area contributed by atoms with Gasteiger partial charge in [-0.3, -0.25) is 4.79 Å². The van der Waals surface area contributed by atoms with Gasteiger partial charge in [-0.15, -0.1) is 0 Å². The summed E-state index contributed by atoms with van der Waals surface area (Å²) < 4.78 is 0. The molecule has 3 N–H and O–H groups in total. The predicted molar refractivity (Wildman–Crippen MR) is 97.1 cm³/mol. The first-order chi connectivity index (χ1) is 11.7. The molecule has 134 valence electrons. The number of aliphatic carboxylic acids is 1. The van der Waals surface area contributed by atoms with Gasteiger partial charge in [-0.05, 0) is 30.5 Å². The van der Waals surface area contributed by atoms with Crippen molar-refractivity contribution in [1.29, 1.82) is 5.26 Å². The highest BCUT2D eigenvalue weighted by molar-refractivity contribution is 5.99. The highest BCUT2D eigenvalue weighted by Crippen LogP contribution is 2.17. The van der Waals surface area contributed by atoms with Gasteiger partial charge in [0, 0.05) is 31.7 Å². The molecule has 1 aromatic rings. The molecule has 0 aromatic heterocycles. The molecule has 1 amide bonds. The van der Waals surface area contributed by atoms with E-state index in [2.05, 4.69) is 10.6 Å². The number of carbonyl (C=O) groups excluding carboxylic acids is 1. The molecular weight excluding hydrogens is 320 g/mol. The summed E-state index contributed by atoms with van der Waals surface area (Å²) in [6, 6.07) is 8.20. The van der Waals surface area contributed by atoms with E-state index in [-0.39, 0.29) is 17.9 Å². The molecule has 0 aliphatic rings. The molecule has 0 fully saturated rings. The number of benzene rings is 1. The molecule has 0 bridgehead atoms. The Morgan fingerprint density at radius 1 is 1.36 bits per heavy atom. The Hall–Kier alpha value is -3.01. The van der Waals surface area contributed by atoms with E-state index in [0.29, 0.717) is 5.69 Å². The average molecular weight is 344 g/mol. The number of carboxylic acids is 1. The smallest absolute Gasteiger partial charge is 0.326 e. The van der Waals surface area contributed by atoms with Gasteiger partial charge in [0.2, 0.25) is 0 Å². The Morgan fingerprint density at radius 2 is 2.04 bits per heavy atom. The van der Waals surface area contributed by atoms with Crippen molar-refractivity contribution in [2.75, 3.05) is 24.3 Å². The SMILES string of the molecule is CC(C)CC(NC(=O)/C(C#N)=C\Nc1cccc(N(C)C)c1)C(=O)O. The van der Waals surface area contributed by atoms with E-state index in [1.807, 2.05) is 51.0 Å². The zero-order chi connectivity index (χ0) is 19.0. The fourth-order valence-electron chi connectivity index (χ4n) is 2.11. The molecule has 0 radical (unpaired) electrons. The lowest BCUT2D eigenvalue weighted by Gasteiger charge is -2.16. The molecule has 1 rings (SSSR count). The highest BCUT2D eigenvalue weighted by Gasteiger charge is 2.22. The zero-order valence-electron chi connectivity index (χ0n) is 14.9. The summed E-state index contributed by atoms with van der Waals surface area (Å²) >= 11 is 0. The third-order valence-corrected chi connectivity index (χ3v) is 3.42. The van der Waals surface area contributed by atoms with Gasteiger partial charge in [0.05, 0.1) is 0 Å². The Kier molecular flexibility index (Phi) is 7.47. The topological polar surface area (TPSA) is 105 Å². The van der Waals surface area contributed by atoms with Crippen molar-refractivity contribution in [2.45, 2.75) is 26.3 Å². The maximum Gasteiger partial charge on any atom is 0.326 e. The molecule has 1 unspecified atom stereocenters. The monoisotopic (exact) mass is 344 g/mol. The average Bonchev–Trinajstić information content (AvgIpc) is 2.54. The van der Waals surface area contributed by atoms with Gasteiger partial charge in [-0.2, -0.15) is 5.26 Å². The van der Waals surface area contributed by atoms with Gasteiger partial charge in [-0.1, -0.05) is 19.9 Å². The number of anilines is 2. The third kappa shape index (κ3) is 6.55. The first kappa shape index (κ1) is 20.0. The Labute approximate surface area is 147 Å². The van der Waals surface area contributed by atoms with Crippen LogP contribution in [0.3, 0.4) is 0 Å². The lowest BCUT2D eigenvalue weighted by atomic mass is 10.0. The summed E-state index contributed by atoms with van der Waals surface area (Å²) in [5.41, 5.74) is 1.48. The number of nitriles is 1. The second-order valence-corrected chi connectivity index (χ2v) is 6.25. The minimum absolute atomic E-state index is 0.0998. The predicted octanol–water partition coefficient (Wildman–Crippen LogP) is 2.19. The van der Waals surface area contributed by atoms with E-state index in [1.54, 1.807) is 12.1 Å². The van der Waals surface area contributed by atoms with Crippen LogP contribution < -0.4 is 15.5 Å². The molecule has 0 spiro atoms. The van der Waals surface area contributed by atoms with Crippen LogP contribution in [0, 0.1) is 17.2 Å². The number of nitrogens with zero attached hydrogens (tertiary/aromatic N) is 2. The summed E-state index contributed by atoms with van der Waals surface area (Å²) in [4.78, 5) is 25.3. The van der Waals surface area contributed by atoms with Crippen molar-refractivity contribution in [3.05, 3.63) is 36.0 Å². The summed E-state index contributed by atoms with van der Waals surface area (Å²) in [5, 5.41) is 23.6. The van der Waals surface area contributed by atoms with Gasteiger partial charge >= 0.3 is 5.97 Å². The highest BCUT2D eigenvalue weighted by atomic mass is 16.4. The Balaban J connectivity index is 2.85. The van der Waals surface area contributed by atoms with Crippen LogP contribution in [0.25, 0.3) is 0 Å². The van der Waals surface area contributed by atoms with Crippen LogP contribution in [0.1, 0.15) is 20.3 Å². The number of amides is 1. The standard InChI is InChI=1S/C18H24N4O3/c1-12(2)8-16(18(24)25)21-17(23)13(10-19)11-20-14-6-5-7-15(9-14)22(3)4/h5-7,9,11-12,16,20H,8H2,1-4H3,(H,21,23)(H,24,25)/b13-11-. The molecule has 0 aliphatic heterocycles. The molecule has 0 saturated heterocycles. The first-order valence-electron chi connectivity index (χ1n) is 7.92. The van der Waals surface area contributed by atoms with Gasteiger partial charge in [-0.25, -0.2) is 4.79 Å². The Morgan fingerprint density at radius 3 is 2.56 bits per heavy atom. The lowest BCUT2D eigenvalue weighted by molar-refractivity contribution is -0.141. The molecule has 1 atom stereocenters. The van der Waals surface area contributed by atoms with E-state index in [1.165, 1.54) is 6.20 Å². The number of carboxylic acid groups (broad SMARTS) is 1. The van der Waals surface area contributed by atoms with E-state index >= 15 is 0 Å². The molecule has 0 heterocycles. The van der Waals surface area contributed by atoms with E-state index in [0.717, 1.165) is 5.69 Å². The second kappa shape index (κ2) is 9.33. The van der Waals surface area contributed by atoms with Crippen molar-refractivity contribution < 1.29 is 14.7 Å². The van der Waals surface area contributed by atoms with Gasteiger partial charge in [0.15, 0.2) is 0 Å². The summed E-state index contributed by atoms with van der Waals surface area (Å²) in [6.45, 7) is 3.73. The molecule has 0 saturated carbocycles. The lowest BCUT2D eigenvalue weighted by Crippen LogP contribution is -2.42. The number of carbonyl (C=O) groups is 2. The van der Waals surface area contributed by atoms with Crippen LogP contribution in [0.4, 0.5) is 11.4 Å². The molecule has 7 nitrogen and oxygen atoms in total. The van der Waals surface area contributed by atoms with Crippen LogP contribution in [0.2, 0.25) is 0 Å². The normalized spacial score (nSPS) is 12.2. The van der Waals surface area contributed by atoms with E-state index < -0.39 is 17.9 Å². The van der Waals surface area contributed by atoms with E-state index in [9.17, 15) is 20.0 Å². The molecule has 25 heavy (non-hydrogen) atoms. The van der Waals surface area contributed by atoms with Crippen molar-refractivity contribution in [2.24, 2.45) is 5.92 Å². The largest absolute Gasteiger partial charge is 0.480 e. The van der Waals surface area contributed by atoms with Crippen LogP contribution in [0.15, 0.2) is 36.0 Å². The van der Waals surface area contributed by atoms with Crippen molar-refractivity contribution in [3.63, 3.8) is 0 Å². The summed E-state index contributed by atoms with van der Waals surface area (Å²) in [5.74, 6) is -1.74. The van der Waals surface area contributed by atoms with Crippen LogP contribution in [-0.4, -0.2) is 37.1 Å². The third-order valence-electron chi connectivity index (χ3n) is 3.42. The number of hydrogen-bond donors (Lipinski definition) is 3. The number of hydrogen-bond acceptors (Lipinski definition) is 5. The molecule has 0 aliphatic carbocycles.